The molecule has 1 N–H and O–H groups in total. The van der Waals surface area contributed by atoms with Gasteiger partial charge in [-0.1, -0.05) is 23.8 Å². The predicted molar refractivity (Wildman–Crippen MR) is 73.6 cm³/mol. The maximum Gasteiger partial charge on any atom is 0.339 e. The molecule has 0 aliphatic rings. The molecule has 0 spiro atoms. The first-order valence-electron chi connectivity index (χ1n) is 6.17. The van der Waals surface area contributed by atoms with Crippen LogP contribution in [0.3, 0.4) is 0 Å². The number of carbonyl (C=O) groups is 1. The van der Waals surface area contributed by atoms with Gasteiger partial charge < -0.3 is 9.84 Å². The Morgan fingerprint density at radius 1 is 1.38 bits per heavy atom. The van der Waals surface area contributed by atoms with Gasteiger partial charge in [0.25, 0.3) is 0 Å². The SMILES string of the molecule is Cc1ccc(OCc2cccc(C#N)c2F)c(C(=O)O)c1. The number of benzene rings is 2. The average Bonchev–Trinajstić information content (AvgIpc) is 2.47. The van der Waals surface area contributed by atoms with E-state index in [0.29, 0.717) is 0 Å². The molecule has 0 saturated carbocycles. The second-order valence-electron chi connectivity index (χ2n) is 4.48. The van der Waals surface area contributed by atoms with Crippen molar-refractivity contribution in [3.05, 3.63) is 64.5 Å². The number of aromatic carboxylic acids is 1. The predicted octanol–water partition coefficient (Wildman–Crippen LogP) is 3.28. The Labute approximate surface area is 121 Å². The fraction of sp³-hybridized carbons (Fsp3) is 0.125. The molecular weight excluding hydrogens is 273 g/mol. The molecule has 0 radical (unpaired) electrons. The molecule has 0 bridgehead atoms. The van der Waals surface area contributed by atoms with Crippen LogP contribution in [0.5, 0.6) is 5.75 Å². The molecule has 21 heavy (non-hydrogen) atoms. The van der Waals surface area contributed by atoms with Gasteiger partial charge in [-0.2, -0.15) is 5.26 Å². The Morgan fingerprint density at radius 3 is 2.81 bits per heavy atom. The van der Waals surface area contributed by atoms with Gasteiger partial charge in [0.05, 0.1) is 5.56 Å². The molecule has 5 heteroatoms. The first-order valence-corrected chi connectivity index (χ1v) is 6.17. The highest BCUT2D eigenvalue weighted by molar-refractivity contribution is 5.91. The number of carboxylic acid groups (broad SMARTS) is 1. The minimum absolute atomic E-state index is 0.0202. The summed E-state index contributed by atoms with van der Waals surface area (Å²) in [5.41, 5.74) is 0.939. The van der Waals surface area contributed by atoms with E-state index >= 15 is 0 Å². The fourth-order valence-electron chi connectivity index (χ4n) is 1.87. The summed E-state index contributed by atoms with van der Waals surface area (Å²) in [6, 6.07) is 10.9. The molecule has 2 aromatic carbocycles. The van der Waals surface area contributed by atoms with E-state index < -0.39 is 11.8 Å². The molecule has 0 heterocycles. The van der Waals surface area contributed by atoms with Gasteiger partial charge in [-0.15, -0.1) is 0 Å². The Kier molecular flexibility index (Phi) is 4.19. The molecule has 0 atom stereocenters. The zero-order chi connectivity index (χ0) is 15.4. The molecule has 0 saturated heterocycles. The summed E-state index contributed by atoms with van der Waals surface area (Å²) in [5.74, 6) is -1.60. The smallest absolute Gasteiger partial charge is 0.339 e. The van der Waals surface area contributed by atoms with Crippen molar-refractivity contribution in [1.82, 2.24) is 0 Å². The van der Waals surface area contributed by atoms with E-state index in [1.165, 1.54) is 24.3 Å². The number of nitriles is 1. The molecule has 0 fully saturated rings. The van der Waals surface area contributed by atoms with Crippen molar-refractivity contribution >= 4 is 5.97 Å². The summed E-state index contributed by atoms with van der Waals surface area (Å²) in [4.78, 5) is 11.2. The number of carboxylic acids is 1. The summed E-state index contributed by atoms with van der Waals surface area (Å²) in [7, 11) is 0. The average molecular weight is 285 g/mol. The molecule has 0 aliphatic heterocycles. The molecule has 106 valence electrons. The van der Waals surface area contributed by atoms with Crippen molar-refractivity contribution in [2.45, 2.75) is 13.5 Å². The minimum Gasteiger partial charge on any atom is -0.488 e. The Hall–Kier alpha value is -2.87. The number of nitrogens with zero attached hydrogens (tertiary/aromatic N) is 1. The topological polar surface area (TPSA) is 70.3 Å². The van der Waals surface area contributed by atoms with Crippen LogP contribution in [-0.4, -0.2) is 11.1 Å². The number of ether oxygens (including phenoxy) is 1. The Balaban J connectivity index is 2.25. The molecule has 0 amide bonds. The maximum absolute atomic E-state index is 13.9. The van der Waals surface area contributed by atoms with Gasteiger partial charge in [-0.05, 0) is 25.1 Å². The van der Waals surface area contributed by atoms with Gasteiger partial charge >= 0.3 is 5.97 Å². The largest absolute Gasteiger partial charge is 0.488 e. The minimum atomic E-state index is -1.11. The van der Waals surface area contributed by atoms with Gasteiger partial charge in [-0.3, -0.25) is 0 Å². The van der Waals surface area contributed by atoms with Crippen LogP contribution in [0.1, 0.15) is 27.0 Å². The highest BCUT2D eigenvalue weighted by Gasteiger charge is 2.13. The number of hydrogen-bond donors (Lipinski definition) is 1. The lowest BCUT2D eigenvalue weighted by molar-refractivity contribution is 0.0691. The highest BCUT2D eigenvalue weighted by Crippen LogP contribution is 2.22. The van der Waals surface area contributed by atoms with Crippen molar-refractivity contribution < 1.29 is 19.0 Å². The Morgan fingerprint density at radius 2 is 2.14 bits per heavy atom. The van der Waals surface area contributed by atoms with Crippen LogP contribution in [0.4, 0.5) is 4.39 Å². The van der Waals surface area contributed by atoms with Crippen molar-refractivity contribution in [2.24, 2.45) is 0 Å². The van der Waals surface area contributed by atoms with E-state index in [1.807, 2.05) is 0 Å². The molecule has 0 aromatic heterocycles. The van der Waals surface area contributed by atoms with E-state index in [9.17, 15) is 9.18 Å². The molecule has 4 nitrogen and oxygen atoms in total. The summed E-state index contributed by atoms with van der Waals surface area (Å²) in [6.07, 6.45) is 0. The van der Waals surface area contributed by atoms with Crippen LogP contribution in [0.15, 0.2) is 36.4 Å². The summed E-state index contributed by atoms with van der Waals surface area (Å²) >= 11 is 0. The highest BCUT2D eigenvalue weighted by atomic mass is 19.1. The van der Waals surface area contributed by atoms with Crippen LogP contribution in [0.25, 0.3) is 0 Å². The quantitative estimate of drug-likeness (QED) is 0.935. The monoisotopic (exact) mass is 285 g/mol. The maximum atomic E-state index is 13.9. The van der Waals surface area contributed by atoms with E-state index in [4.69, 9.17) is 15.1 Å². The lowest BCUT2D eigenvalue weighted by Crippen LogP contribution is -2.05. The van der Waals surface area contributed by atoms with Crippen molar-refractivity contribution in [3.8, 4) is 11.8 Å². The van der Waals surface area contributed by atoms with E-state index in [-0.39, 0.29) is 29.0 Å². The first kappa shape index (κ1) is 14.5. The van der Waals surface area contributed by atoms with Gasteiger partial charge in [-0.25, -0.2) is 9.18 Å². The summed E-state index contributed by atoms with van der Waals surface area (Å²) in [6.45, 7) is 1.62. The molecule has 0 unspecified atom stereocenters. The second-order valence-corrected chi connectivity index (χ2v) is 4.48. The summed E-state index contributed by atoms with van der Waals surface area (Å²) in [5, 5.41) is 17.9. The number of hydrogen-bond acceptors (Lipinski definition) is 3. The zero-order valence-corrected chi connectivity index (χ0v) is 11.3. The van der Waals surface area contributed by atoms with Crippen molar-refractivity contribution in [3.63, 3.8) is 0 Å². The lowest BCUT2D eigenvalue weighted by atomic mass is 10.1. The van der Waals surface area contributed by atoms with Gasteiger partial charge in [0.2, 0.25) is 0 Å². The van der Waals surface area contributed by atoms with Crippen LogP contribution in [-0.2, 0) is 6.61 Å². The second kappa shape index (κ2) is 6.06. The third kappa shape index (κ3) is 3.18. The van der Waals surface area contributed by atoms with Crippen molar-refractivity contribution in [2.75, 3.05) is 0 Å². The molecular formula is C16H12FNO3. The van der Waals surface area contributed by atoms with E-state index in [2.05, 4.69) is 0 Å². The fourth-order valence-corrected chi connectivity index (χ4v) is 1.87. The third-order valence-corrected chi connectivity index (χ3v) is 2.95. The normalized spacial score (nSPS) is 9.95. The van der Waals surface area contributed by atoms with Gasteiger partial charge in [0, 0.05) is 5.56 Å². The molecule has 2 rings (SSSR count). The van der Waals surface area contributed by atoms with Crippen LogP contribution >= 0.6 is 0 Å². The number of rotatable bonds is 4. The lowest BCUT2D eigenvalue weighted by Gasteiger charge is -2.10. The first-order chi connectivity index (χ1) is 10.0. The van der Waals surface area contributed by atoms with Gasteiger partial charge in [0.1, 0.15) is 29.8 Å². The zero-order valence-electron chi connectivity index (χ0n) is 11.3. The number of halogens is 1. The third-order valence-electron chi connectivity index (χ3n) is 2.95. The van der Waals surface area contributed by atoms with Crippen LogP contribution in [0, 0.1) is 24.1 Å². The summed E-state index contributed by atoms with van der Waals surface area (Å²) < 4.78 is 19.3. The van der Waals surface area contributed by atoms with Gasteiger partial charge in [0.15, 0.2) is 0 Å². The Bertz CT molecular complexity index is 735. The van der Waals surface area contributed by atoms with E-state index in [0.717, 1.165) is 5.56 Å². The number of aryl methyl sites for hydroxylation is 1. The van der Waals surface area contributed by atoms with Crippen LogP contribution in [0.2, 0.25) is 0 Å². The standard InChI is InChI=1S/C16H12FNO3/c1-10-5-6-14(13(7-10)16(19)20)21-9-12-4-2-3-11(8-18)15(12)17/h2-7H,9H2,1H3,(H,19,20). The van der Waals surface area contributed by atoms with Crippen LogP contribution < -0.4 is 4.74 Å². The molecule has 2 aromatic rings. The molecule has 0 aliphatic carbocycles. The van der Waals surface area contributed by atoms with E-state index in [1.54, 1.807) is 25.1 Å². The van der Waals surface area contributed by atoms with Crippen molar-refractivity contribution in [1.29, 1.82) is 5.26 Å².